The fourth-order valence-electron chi connectivity index (χ4n) is 1.81. The highest BCUT2D eigenvalue weighted by molar-refractivity contribution is 9.10. The van der Waals surface area contributed by atoms with Gasteiger partial charge in [0.15, 0.2) is 0 Å². The Morgan fingerprint density at radius 2 is 2.10 bits per heavy atom. The third-order valence-corrected chi connectivity index (χ3v) is 3.48. The molecular formula is C14H17BrN2O3. The summed E-state index contributed by atoms with van der Waals surface area (Å²) in [6.07, 6.45) is 2.25. The molecule has 20 heavy (non-hydrogen) atoms. The third kappa shape index (κ3) is 4.52. The van der Waals surface area contributed by atoms with Gasteiger partial charge in [0.25, 0.3) is 0 Å². The monoisotopic (exact) mass is 340 g/mol. The van der Waals surface area contributed by atoms with E-state index in [2.05, 4.69) is 26.6 Å². The van der Waals surface area contributed by atoms with Crippen LogP contribution in [0.3, 0.4) is 0 Å². The normalized spacial score (nSPS) is 13.7. The number of carbonyl (C=O) groups excluding carboxylic acids is 2. The SMILES string of the molecule is COc1ccc(Br)cc1CC(=O)NCC(=O)NC1CC1. The fourth-order valence-corrected chi connectivity index (χ4v) is 2.21. The van der Waals surface area contributed by atoms with Crippen LogP contribution in [0, 0.1) is 0 Å². The van der Waals surface area contributed by atoms with E-state index in [4.69, 9.17) is 4.74 Å². The van der Waals surface area contributed by atoms with Crippen molar-refractivity contribution < 1.29 is 14.3 Å². The molecule has 0 atom stereocenters. The second-order valence-electron chi connectivity index (χ2n) is 4.75. The van der Waals surface area contributed by atoms with E-state index in [-0.39, 0.29) is 24.8 Å². The highest BCUT2D eigenvalue weighted by Crippen LogP contribution is 2.23. The van der Waals surface area contributed by atoms with Gasteiger partial charge in [-0.1, -0.05) is 15.9 Å². The van der Waals surface area contributed by atoms with Crippen molar-refractivity contribution in [3.63, 3.8) is 0 Å². The summed E-state index contributed by atoms with van der Waals surface area (Å²) in [5.74, 6) is 0.320. The van der Waals surface area contributed by atoms with Crippen LogP contribution in [0.5, 0.6) is 5.75 Å². The molecule has 5 nitrogen and oxygen atoms in total. The molecule has 1 aliphatic carbocycles. The van der Waals surface area contributed by atoms with E-state index in [1.54, 1.807) is 13.2 Å². The zero-order chi connectivity index (χ0) is 14.5. The topological polar surface area (TPSA) is 67.4 Å². The van der Waals surface area contributed by atoms with Gasteiger partial charge in [0, 0.05) is 16.1 Å². The number of ether oxygens (including phenoxy) is 1. The van der Waals surface area contributed by atoms with E-state index in [0.717, 1.165) is 22.9 Å². The Balaban J connectivity index is 1.84. The Kier molecular flexibility index (Phi) is 5.00. The summed E-state index contributed by atoms with van der Waals surface area (Å²) in [4.78, 5) is 23.3. The smallest absolute Gasteiger partial charge is 0.239 e. The molecule has 6 heteroatoms. The van der Waals surface area contributed by atoms with Crippen LogP contribution in [0.15, 0.2) is 22.7 Å². The zero-order valence-electron chi connectivity index (χ0n) is 11.2. The molecule has 1 aromatic rings. The molecule has 0 radical (unpaired) electrons. The summed E-state index contributed by atoms with van der Waals surface area (Å²) in [6.45, 7) is 0.0195. The Bertz CT molecular complexity index is 515. The van der Waals surface area contributed by atoms with Crippen LogP contribution in [0.4, 0.5) is 0 Å². The lowest BCUT2D eigenvalue weighted by atomic mass is 10.1. The number of halogens is 1. The summed E-state index contributed by atoms with van der Waals surface area (Å²) in [5, 5.41) is 5.43. The van der Waals surface area contributed by atoms with E-state index in [1.807, 2.05) is 12.1 Å². The van der Waals surface area contributed by atoms with Crippen molar-refractivity contribution in [1.29, 1.82) is 0 Å². The molecule has 1 fully saturated rings. The second-order valence-corrected chi connectivity index (χ2v) is 5.67. The number of benzene rings is 1. The molecule has 2 N–H and O–H groups in total. The van der Waals surface area contributed by atoms with E-state index >= 15 is 0 Å². The molecule has 0 aromatic heterocycles. The van der Waals surface area contributed by atoms with Gasteiger partial charge in [-0.2, -0.15) is 0 Å². The minimum Gasteiger partial charge on any atom is -0.496 e. The summed E-state index contributed by atoms with van der Waals surface area (Å²) in [7, 11) is 1.56. The first kappa shape index (κ1) is 14.8. The van der Waals surface area contributed by atoms with E-state index in [0.29, 0.717) is 11.8 Å². The van der Waals surface area contributed by atoms with Crippen LogP contribution in [0.25, 0.3) is 0 Å². The molecular weight excluding hydrogens is 324 g/mol. The molecule has 2 amide bonds. The maximum absolute atomic E-state index is 11.8. The number of nitrogens with one attached hydrogen (secondary N) is 2. The number of methoxy groups -OCH3 is 1. The standard InChI is InChI=1S/C14H17BrN2O3/c1-20-12-5-2-10(15)6-9(12)7-13(18)16-8-14(19)17-11-3-4-11/h2,5-6,11H,3-4,7-8H2,1H3,(H,16,18)(H,17,19). The maximum Gasteiger partial charge on any atom is 0.239 e. The third-order valence-electron chi connectivity index (χ3n) is 2.98. The first-order valence-electron chi connectivity index (χ1n) is 6.47. The minimum atomic E-state index is -0.202. The lowest BCUT2D eigenvalue weighted by Gasteiger charge is -2.09. The predicted molar refractivity (Wildman–Crippen MR) is 78.6 cm³/mol. The number of rotatable bonds is 6. The molecule has 1 saturated carbocycles. The molecule has 0 saturated heterocycles. The van der Waals surface area contributed by atoms with Gasteiger partial charge < -0.3 is 15.4 Å². The number of hydrogen-bond donors (Lipinski definition) is 2. The molecule has 108 valence electrons. The molecule has 1 aromatic carbocycles. The lowest BCUT2D eigenvalue weighted by molar-refractivity contribution is -0.125. The van der Waals surface area contributed by atoms with Crippen LogP contribution in [-0.2, 0) is 16.0 Å². The molecule has 2 rings (SSSR count). The van der Waals surface area contributed by atoms with Gasteiger partial charge in [0.1, 0.15) is 5.75 Å². The zero-order valence-corrected chi connectivity index (χ0v) is 12.8. The summed E-state index contributed by atoms with van der Waals surface area (Å²) < 4.78 is 6.09. The highest BCUT2D eigenvalue weighted by atomic mass is 79.9. The Morgan fingerprint density at radius 1 is 1.35 bits per heavy atom. The van der Waals surface area contributed by atoms with Crippen molar-refractivity contribution in [2.45, 2.75) is 25.3 Å². The van der Waals surface area contributed by atoms with Gasteiger partial charge in [0.05, 0.1) is 20.1 Å². The van der Waals surface area contributed by atoms with Gasteiger partial charge in [0.2, 0.25) is 11.8 Å². The van der Waals surface area contributed by atoms with Crippen LogP contribution >= 0.6 is 15.9 Å². The average Bonchev–Trinajstić information content (AvgIpc) is 3.21. The van der Waals surface area contributed by atoms with E-state index < -0.39 is 0 Å². The molecule has 0 aliphatic heterocycles. The van der Waals surface area contributed by atoms with E-state index in [9.17, 15) is 9.59 Å². The van der Waals surface area contributed by atoms with Crippen LogP contribution < -0.4 is 15.4 Å². The quantitative estimate of drug-likeness (QED) is 0.822. The summed E-state index contributed by atoms with van der Waals surface area (Å²) in [5.41, 5.74) is 0.780. The Morgan fingerprint density at radius 3 is 2.75 bits per heavy atom. The summed E-state index contributed by atoms with van der Waals surface area (Å²) >= 11 is 3.36. The molecule has 1 aliphatic rings. The predicted octanol–water partition coefficient (Wildman–Crippen LogP) is 1.39. The lowest BCUT2D eigenvalue weighted by Crippen LogP contribution is -2.38. The molecule has 0 unspecified atom stereocenters. The molecule has 0 spiro atoms. The van der Waals surface area contributed by atoms with Crippen molar-refractivity contribution >= 4 is 27.7 Å². The van der Waals surface area contributed by atoms with Crippen molar-refractivity contribution in [3.05, 3.63) is 28.2 Å². The number of hydrogen-bond acceptors (Lipinski definition) is 3. The van der Waals surface area contributed by atoms with Gasteiger partial charge >= 0.3 is 0 Å². The largest absolute Gasteiger partial charge is 0.496 e. The van der Waals surface area contributed by atoms with Crippen LogP contribution in [-0.4, -0.2) is 31.5 Å². The first-order chi connectivity index (χ1) is 9.58. The maximum atomic E-state index is 11.8. The van der Waals surface area contributed by atoms with Crippen molar-refractivity contribution in [3.8, 4) is 5.75 Å². The van der Waals surface area contributed by atoms with Gasteiger partial charge in [-0.25, -0.2) is 0 Å². The number of carbonyl (C=O) groups is 2. The van der Waals surface area contributed by atoms with E-state index in [1.165, 1.54) is 0 Å². The minimum absolute atomic E-state index is 0.0195. The van der Waals surface area contributed by atoms with Crippen molar-refractivity contribution in [2.24, 2.45) is 0 Å². The van der Waals surface area contributed by atoms with Crippen molar-refractivity contribution in [1.82, 2.24) is 10.6 Å². The second kappa shape index (κ2) is 6.74. The fraction of sp³-hybridized carbons (Fsp3) is 0.429. The van der Waals surface area contributed by atoms with Gasteiger partial charge in [-0.15, -0.1) is 0 Å². The van der Waals surface area contributed by atoms with Gasteiger partial charge in [-0.05, 0) is 31.0 Å². The Hall–Kier alpha value is -1.56. The Labute approximate surface area is 126 Å². The van der Waals surface area contributed by atoms with Gasteiger partial charge in [-0.3, -0.25) is 9.59 Å². The molecule has 0 bridgehead atoms. The average molecular weight is 341 g/mol. The summed E-state index contributed by atoms with van der Waals surface area (Å²) in [6, 6.07) is 5.79. The highest BCUT2D eigenvalue weighted by Gasteiger charge is 2.23. The van der Waals surface area contributed by atoms with Crippen LogP contribution in [0.1, 0.15) is 18.4 Å². The molecule has 0 heterocycles. The van der Waals surface area contributed by atoms with Crippen molar-refractivity contribution in [2.75, 3.05) is 13.7 Å². The number of amides is 2. The first-order valence-corrected chi connectivity index (χ1v) is 7.26. The van der Waals surface area contributed by atoms with Crippen LogP contribution in [0.2, 0.25) is 0 Å².